The first-order valence-corrected chi connectivity index (χ1v) is 10.9. The Kier molecular flexibility index (Phi) is 5.80. The van der Waals surface area contributed by atoms with Crippen molar-refractivity contribution in [2.45, 2.75) is 11.0 Å². The number of nitrogens with zero attached hydrogens (tertiary/aromatic N) is 1. The van der Waals surface area contributed by atoms with Crippen molar-refractivity contribution < 1.29 is 9.53 Å². The van der Waals surface area contributed by atoms with E-state index in [4.69, 9.17) is 33.7 Å². The second kappa shape index (κ2) is 8.31. The summed E-state index contributed by atoms with van der Waals surface area (Å²) in [6.45, 7) is 0.843. The minimum Gasteiger partial charge on any atom is -0.382 e. The number of thiazole rings is 1. The predicted octanol–water partition coefficient (Wildman–Crippen LogP) is 5.50. The summed E-state index contributed by atoms with van der Waals surface area (Å²) in [7, 11) is 0. The molecule has 0 spiro atoms. The maximum Gasteiger partial charge on any atom is 0.209 e. The number of nitrogen functional groups attached to an aromatic ring is 1. The second-order valence-corrected chi connectivity index (χ2v) is 8.99. The first kappa shape index (κ1) is 19.5. The number of thioether (sulfide) groups is 1. The first-order valence-electron chi connectivity index (χ1n) is 8.38. The number of ketones is 1. The Morgan fingerprint density at radius 3 is 2.71 bits per heavy atom. The summed E-state index contributed by atoms with van der Waals surface area (Å²) in [5, 5.41) is 4.30. The number of rotatable bonds is 7. The summed E-state index contributed by atoms with van der Waals surface area (Å²) in [5.41, 5.74) is 7.08. The molecular weight excluding hydrogens is 437 g/mol. The lowest BCUT2D eigenvalue weighted by Gasteiger charge is -2.05. The second-order valence-electron chi connectivity index (χ2n) is 6.08. The molecular formula is C19H15Cl2N3O2S2. The van der Waals surface area contributed by atoms with Crippen molar-refractivity contribution in [3.63, 3.8) is 0 Å². The Morgan fingerprint density at radius 2 is 2.00 bits per heavy atom. The summed E-state index contributed by atoms with van der Waals surface area (Å²) in [5.74, 6) is 0.738. The van der Waals surface area contributed by atoms with Crippen LogP contribution in [0.15, 0.2) is 47.4 Å². The molecule has 28 heavy (non-hydrogen) atoms. The third-order valence-corrected chi connectivity index (χ3v) is 6.71. The van der Waals surface area contributed by atoms with Crippen molar-refractivity contribution in [2.75, 3.05) is 23.4 Å². The Bertz CT molecular complexity index is 1020. The molecule has 144 valence electrons. The van der Waals surface area contributed by atoms with E-state index >= 15 is 0 Å². The van der Waals surface area contributed by atoms with Gasteiger partial charge in [-0.15, -0.1) is 11.8 Å². The molecule has 3 N–H and O–H groups in total. The average Bonchev–Trinajstić information content (AvgIpc) is 3.42. The van der Waals surface area contributed by atoms with Gasteiger partial charge in [0.15, 0.2) is 5.13 Å². The maximum absolute atomic E-state index is 12.9. The zero-order valence-corrected chi connectivity index (χ0v) is 17.6. The minimum absolute atomic E-state index is 0.143. The van der Waals surface area contributed by atoms with Gasteiger partial charge in [0, 0.05) is 16.3 Å². The monoisotopic (exact) mass is 451 g/mol. The SMILES string of the molecule is Nc1nc(Nc2cccc(SCC3CO3)c2)sc1C(=O)c1c(Cl)cccc1Cl. The molecule has 1 fully saturated rings. The highest BCUT2D eigenvalue weighted by Gasteiger charge is 2.23. The number of nitrogens with one attached hydrogen (secondary N) is 1. The van der Waals surface area contributed by atoms with Crippen LogP contribution in [0.25, 0.3) is 0 Å². The number of carbonyl (C=O) groups excluding carboxylic acids is 1. The normalized spacial score (nSPS) is 15.4. The van der Waals surface area contributed by atoms with Crippen LogP contribution in [0.3, 0.4) is 0 Å². The van der Waals surface area contributed by atoms with E-state index in [2.05, 4.69) is 10.3 Å². The van der Waals surface area contributed by atoms with Crippen LogP contribution >= 0.6 is 46.3 Å². The van der Waals surface area contributed by atoms with Gasteiger partial charge in [0.05, 0.1) is 28.3 Å². The third-order valence-electron chi connectivity index (χ3n) is 3.97. The highest BCUT2D eigenvalue weighted by atomic mass is 35.5. The highest BCUT2D eigenvalue weighted by Crippen LogP contribution is 2.34. The Labute approximate surface area is 180 Å². The lowest BCUT2D eigenvalue weighted by Crippen LogP contribution is -2.04. The Morgan fingerprint density at radius 1 is 1.29 bits per heavy atom. The molecule has 1 unspecified atom stereocenters. The van der Waals surface area contributed by atoms with Crippen molar-refractivity contribution in [1.82, 2.24) is 4.98 Å². The van der Waals surface area contributed by atoms with E-state index in [9.17, 15) is 4.79 Å². The molecule has 1 aliphatic rings. The van der Waals surface area contributed by atoms with Crippen molar-refractivity contribution in [2.24, 2.45) is 0 Å². The predicted molar refractivity (Wildman–Crippen MR) is 117 cm³/mol. The molecule has 2 aromatic carbocycles. The maximum atomic E-state index is 12.9. The molecule has 1 atom stereocenters. The van der Waals surface area contributed by atoms with Gasteiger partial charge in [-0.3, -0.25) is 4.79 Å². The quantitative estimate of drug-likeness (QED) is 0.280. The Hall–Kier alpha value is -1.77. The number of anilines is 3. The fourth-order valence-electron chi connectivity index (χ4n) is 2.52. The number of benzene rings is 2. The standard InChI is InChI=1S/C19H15Cl2N3O2S2/c20-13-5-2-6-14(21)15(13)16(25)17-18(22)24-19(28-17)23-10-3-1-4-12(7-10)27-9-11-8-26-11/h1-7,11H,8-9,22H2,(H,23,24). The number of carbonyl (C=O) groups is 1. The molecule has 0 saturated carbocycles. The van der Waals surface area contributed by atoms with Crippen molar-refractivity contribution in [1.29, 1.82) is 0 Å². The number of ether oxygens (including phenoxy) is 1. The zero-order chi connectivity index (χ0) is 19.7. The van der Waals surface area contributed by atoms with Crippen LogP contribution in [0, 0.1) is 0 Å². The fraction of sp³-hybridized carbons (Fsp3) is 0.158. The van der Waals surface area contributed by atoms with E-state index < -0.39 is 0 Å². The summed E-state index contributed by atoms with van der Waals surface area (Å²) in [6, 6.07) is 12.9. The minimum atomic E-state index is -0.340. The zero-order valence-electron chi connectivity index (χ0n) is 14.4. The smallest absolute Gasteiger partial charge is 0.209 e. The van der Waals surface area contributed by atoms with E-state index in [0.717, 1.165) is 22.9 Å². The molecule has 0 bridgehead atoms. The Balaban J connectivity index is 1.53. The van der Waals surface area contributed by atoms with Crippen LogP contribution in [0.5, 0.6) is 0 Å². The van der Waals surface area contributed by atoms with E-state index in [1.165, 1.54) is 11.3 Å². The molecule has 0 amide bonds. The fourth-order valence-corrected chi connectivity index (χ4v) is 4.89. The van der Waals surface area contributed by atoms with Crippen molar-refractivity contribution in [3.05, 3.63) is 63.0 Å². The number of hydrogen-bond donors (Lipinski definition) is 2. The number of hydrogen-bond acceptors (Lipinski definition) is 7. The first-order chi connectivity index (χ1) is 13.5. The molecule has 1 saturated heterocycles. The van der Waals surface area contributed by atoms with E-state index in [1.807, 2.05) is 24.3 Å². The molecule has 3 aromatic rings. The molecule has 1 aliphatic heterocycles. The lowest BCUT2D eigenvalue weighted by atomic mass is 10.1. The van der Waals surface area contributed by atoms with E-state index in [1.54, 1.807) is 30.0 Å². The van der Waals surface area contributed by atoms with E-state index in [0.29, 0.717) is 16.1 Å². The summed E-state index contributed by atoms with van der Waals surface area (Å²) in [6.07, 6.45) is 0.366. The van der Waals surface area contributed by atoms with Gasteiger partial charge in [0.2, 0.25) is 5.78 Å². The van der Waals surface area contributed by atoms with E-state index in [-0.39, 0.29) is 27.2 Å². The molecule has 0 radical (unpaired) electrons. The van der Waals surface area contributed by atoms with Crippen LogP contribution in [0.2, 0.25) is 10.0 Å². The molecule has 9 heteroatoms. The molecule has 5 nitrogen and oxygen atoms in total. The summed E-state index contributed by atoms with van der Waals surface area (Å²) < 4.78 is 5.24. The molecule has 2 heterocycles. The van der Waals surface area contributed by atoms with Gasteiger partial charge in [-0.25, -0.2) is 4.98 Å². The number of nitrogens with two attached hydrogens (primary N) is 1. The van der Waals surface area contributed by atoms with Crippen LogP contribution < -0.4 is 11.1 Å². The molecule has 1 aromatic heterocycles. The van der Waals surface area contributed by atoms with Gasteiger partial charge in [-0.05, 0) is 30.3 Å². The van der Waals surface area contributed by atoms with Gasteiger partial charge in [0.25, 0.3) is 0 Å². The van der Waals surface area contributed by atoms with Gasteiger partial charge < -0.3 is 15.8 Å². The largest absolute Gasteiger partial charge is 0.382 e. The van der Waals surface area contributed by atoms with Crippen LogP contribution in [-0.4, -0.2) is 29.2 Å². The van der Waals surface area contributed by atoms with Gasteiger partial charge in [0.1, 0.15) is 10.7 Å². The number of epoxide rings is 1. The number of aromatic nitrogens is 1. The topological polar surface area (TPSA) is 80.5 Å². The van der Waals surface area contributed by atoms with Gasteiger partial charge >= 0.3 is 0 Å². The van der Waals surface area contributed by atoms with Crippen molar-refractivity contribution >= 4 is 68.7 Å². The molecule has 4 rings (SSSR count). The highest BCUT2D eigenvalue weighted by molar-refractivity contribution is 7.99. The van der Waals surface area contributed by atoms with Gasteiger partial charge in [-0.1, -0.05) is 46.7 Å². The summed E-state index contributed by atoms with van der Waals surface area (Å²) >= 11 is 15.2. The van der Waals surface area contributed by atoms with Crippen LogP contribution in [-0.2, 0) is 4.74 Å². The lowest BCUT2D eigenvalue weighted by molar-refractivity contribution is 0.104. The summed E-state index contributed by atoms with van der Waals surface area (Å²) in [4.78, 5) is 18.6. The van der Waals surface area contributed by atoms with Gasteiger partial charge in [-0.2, -0.15) is 0 Å². The average molecular weight is 452 g/mol. The molecule has 0 aliphatic carbocycles. The van der Waals surface area contributed by atoms with Crippen LogP contribution in [0.1, 0.15) is 15.2 Å². The third kappa shape index (κ3) is 4.45. The number of halogens is 2. The van der Waals surface area contributed by atoms with Crippen LogP contribution in [0.4, 0.5) is 16.6 Å². The van der Waals surface area contributed by atoms with Crippen molar-refractivity contribution in [3.8, 4) is 0 Å².